The Morgan fingerprint density at radius 2 is 2.21 bits per heavy atom. The number of hydrogen-bond donors (Lipinski definition) is 1. The minimum Gasteiger partial charge on any atom is -0.481 e. The van der Waals surface area contributed by atoms with Gasteiger partial charge in [-0.05, 0) is 41.9 Å². The second kappa shape index (κ2) is 5.28. The van der Waals surface area contributed by atoms with Crippen LogP contribution in [0.3, 0.4) is 0 Å². The number of hydrogen-bond acceptors (Lipinski definition) is 3. The summed E-state index contributed by atoms with van der Waals surface area (Å²) in [6, 6.07) is 3.03. The van der Waals surface area contributed by atoms with E-state index in [4.69, 9.17) is 0 Å². The highest BCUT2D eigenvalue weighted by atomic mass is 79.9. The Morgan fingerprint density at radius 3 is 2.68 bits per heavy atom. The Morgan fingerprint density at radius 1 is 1.53 bits per heavy atom. The molecule has 1 aromatic rings. The van der Waals surface area contributed by atoms with Crippen LogP contribution in [0.2, 0.25) is 0 Å². The molecule has 2 rings (SSSR count). The fourth-order valence-electron chi connectivity index (χ4n) is 2.50. The standard InChI is InChI=1S/C13H15BrN2O3/c1-7(2)16-11(17)5-9(13(18)19)12(16)10-4-3-8(14)6-15-10/h3-4,6-7,9,12H,5H2,1-2H3,(H,18,19). The van der Waals surface area contributed by atoms with E-state index in [2.05, 4.69) is 20.9 Å². The van der Waals surface area contributed by atoms with Gasteiger partial charge in [0.05, 0.1) is 17.7 Å². The lowest BCUT2D eigenvalue weighted by molar-refractivity contribution is -0.142. The highest BCUT2D eigenvalue weighted by Crippen LogP contribution is 2.38. The van der Waals surface area contributed by atoms with Crippen molar-refractivity contribution in [1.82, 2.24) is 9.88 Å². The van der Waals surface area contributed by atoms with Gasteiger partial charge in [0, 0.05) is 23.1 Å². The smallest absolute Gasteiger partial charge is 0.309 e. The van der Waals surface area contributed by atoms with Gasteiger partial charge >= 0.3 is 5.97 Å². The molecule has 0 aromatic carbocycles. The van der Waals surface area contributed by atoms with Crippen molar-refractivity contribution in [3.05, 3.63) is 28.5 Å². The third-order valence-electron chi connectivity index (χ3n) is 3.29. The first-order chi connectivity index (χ1) is 8.91. The molecule has 1 amide bonds. The molecule has 2 unspecified atom stereocenters. The first-order valence-corrected chi connectivity index (χ1v) is 6.86. The lowest BCUT2D eigenvalue weighted by Crippen LogP contribution is -2.36. The van der Waals surface area contributed by atoms with Crippen molar-refractivity contribution in [2.45, 2.75) is 32.4 Å². The van der Waals surface area contributed by atoms with E-state index in [0.717, 1.165) is 4.47 Å². The van der Waals surface area contributed by atoms with Crippen molar-refractivity contribution in [3.8, 4) is 0 Å². The lowest BCUT2D eigenvalue weighted by Gasteiger charge is -2.29. The first kappa shape index (κ1) is 14.0. The molecule has 0 bridgehead atoms. The Balaban J connectivity index is 2.43. The second-order valence-corrected chi connectivity index (χ2v) is 5.81. The van der Waals surface area contributed by atoms with Crippen LogP contribution in [0.25, 0.3) is 0 Å². The quantitative estimate of drug-likeness (QED) is 0.924. The van der Waals surface area contributed by atoms with Crippen LogP contribution in [0.5, 0.6) is 0 Å². The Labute approximate surface area is 119 Å². The third-order valence-corrected chi connectivity index (χ3v) is 3.76. The number of carbonyl (C=O) groups is 2. The molecule has 0 spiro atoms. The van der Waals surface area contributed by atoms with Gasteiger partial charge < -0.3 is 10.0 Å². The molecule has 1 fully saturated rings. The number of carbonyl (C=O) groups excluding carboxylic acids is 1. The molecule has 1 aliphatic heterocycles. The number of pyridine rings is 1. The zero-order valence-corrected chi connectivity index (χ0v) is 12.3. The molecule has 19 heavy (non-hydrogen) atoms. The largest absolute Gasteiger partial charge is 0.481 e. The minimum atomic E-state index is -0.953. The average molecular weight is 327 g/mol. The summed E-state index contributed by atoms with van der Waals surface area (Å²) in [4.78, 5) is 29.2. The number of carboxylic acid groups (broad SMARTS) is 1. The molecule has 6 heteroatoms. The minimum absolute atomic E-state index is 0.0376. The summed E-state index contributed by atoms with van der Waals surface area (Å²) in [7, 11) is 0. The van der Waals surface area contributed by atoms with Crippen LogP contribution in [0, 0.1) is 5.92 Å². The summed E-state index contributed by atoms with van der Waals surface area (Å²) < 4.78 is 0.823. The summed E-state index contributed by atoms with van der Waals surface area (Å²) in [5, 5.41) is 9.30. The molecule has 0 radical (unpaired) electrons. The van der Waals surface area contributed by atoms with E-state index in [1.807, 2.05) is 19.9 Å². The van der Waals surface area contributed by atoms with Crippen LogP contribution in [0.15, 0.2) is 22.8 Å². The summed E-state index contributed by atoms with van der Waals surface area (Å²) >= 11 is 3.29. The summed E-state index contributed by atoms with van der Waals surface area (Å²) in [5.41, 5.74) is 0.621. The fourth-order valence-corrected chi connectivity index (χ4v) is 2.73. The van der Waals surface area contributed by atoms with E-state index in [-0.39, 0.29) is 18.4 Å². The van der Waals surface area contributed by atoms with Crippen molar-refractivity contribution in [2.75, 3.05) is 0 Å². The van der Waals surface area contributed by atoms with E-state index >= 15 is 0 Å². The van der Waals surface area contributed by atoms with Crippen molar-refractivity contribution in [2.24, 2.45) is 5.92 Å². The van der Waals surface area contributed by atoms with E-state index in [1.165, 1.54) is 0 Å². The Hall–Kier alpha value is -1.43. The van der Waals surface area contributed by atoms with Gasteiger partial charge in [-0.2, -0.15) is 0 Å². The summed E-state index contributed by atoms with van der Waals surface area (Å²) in [6.45, 7) is 3.77. The molecule has 5 nitrogen and oxygen atoms in total. The molecular formula is C13H15BrN2O3. The highest BCUT2D eigenvalue weighted by Gasteiger charge is 2.46. The number of aromatic nitrogens is 1. The van der Waals surface area contributed by atoms with Crippen LogP contribution < -0.4 is 0 Å². The van der Waals surface area contributed by atoms with Crippen molar-refractivity contribution in [1.29, 1.82) is 0 Å². The summed E-state index contributed by atoms with van der Waals surface area (Å²) in [5.74, 6) is -1.81. The molecule has 1 aromatic heterocycles. The Bertz CT molecular complexity index is 501. The predicted molar refractivity (Wildman–Crippen MR) is 72.4 cm³/mol. The van der Waals surface area contributed by atoms with Crippen LogP contribution in [-0.2, 0) is 9.59 Å². The number of halogens is 1. The average Bonchev–Trinajstić information content (AvgIpc) is 2.68. The maximum atomic E-state index is 12.0. The number of carboxylic acids is 1. The van der Waals surface area contributed by atoms with Crippen molar-refractivity contribution < 1.29 is 14.7 Å². The molecule has 102 valence electrons. The second-order valence-electron chi connectivity index (χ2n) is 4.89. The molecule has 0 saturated carbocycles. The third kappa shape index (κ3) is 2.63. The highest BCUT2D eigenvalue weighted by molar-refractivity contribution is 9.10. The normalized spacial score (nSPS) is 23.2. The van der Waals surface area contributed by atoms with Crippen LogP contribution in [0.1, 0.15) is 32.0 Å². The van der Waals surface area contributed by atoms with E-state index in [1.54, 1.807) is 17.2 Å². The zero-order chi connectivity index (χ0) is 14.2. The predicted octanol–water partition coefficient (Wildman–Crippen LogP) is 2.23. The molecule has 2 atom stereocenters. The number of aliphatic carboxylic acids is 1. The number of amides is 1. The van der Waals surface area contributed by atoms with Gasteiger partial charge in [-0.25, -0.2) is 0 Å². The van der Waals surface area contributed by atoms with Gasteiger partial charge in [-0.1, -0.05) is 0 Å². The molecule has 1 aliphatic rings. The monoisotopic (exact) mass is 326 g/mol. The van der Waals surface area contributed by atoms with Gasteiger partial charge in [0.2, 0.25) is 5.91 Å². The van der Waals surface area contributed by atoms with E-state index in [9.17, 15) is 14.7 Å². The van der Waals surface area contributed by atoms with Crippen LogP contribution >= 0.6 is 15.9 Å². The SMILES string of the molecule is CC(C)N1C(=O)CC(C(=O)O)C1c1ccc(Br)cn1. The topological polar surface area (TPSA) is 70.5 Å². The maximum absolute atomic E-state index is 12.0. The lowest BCUT2D eigenvalue weighted by atomic mass is 9.97. The van der Waals surface area contributed by atoms with Gasteiger partial charge in [-0.15, -0.1) is 0 Å². The van der Waals surface area contributed by atoms with Crippen LogP contribution in [0.4, 0.5) is 0 Å². The number of nitrogens with zero attached hydrogens (tertiary/aromatic N) is 2. The Kier molecular flexibility index (Phi) is 3.89. The first-order valence-electron chi connectivity index (χ1n) is 6.07. The van der Waals surface area contributed by atoms with Gasteiger partial charge in [0.25, 0.3) is 0 Å². The van der Waals surface area contributed by atoms with Gasteiger partial charge in [0.15, 0.2) is 0 Å². The fraction of sp³-hybridized carbons (Fsp3) is 0.462. The molecule has 2 heterocycles. The summed E-state index contributed by atoms with van der Waals surface area (Å²) in [6.07, 6.45) is 1.66. The van der Waals surface area contributed by atoms with Gasteiger partial charge in [-0.3, -0.25) is 14.6 Å². The molecule has 1 saturated heterocycles. The van der Waals surface area contributed by atoms with Crippen LogP contribution in [-0.4, -0.2) is 32.9 Å². The number of rotatable bonds is 3. The van der Waals surface area contributed by atoms with Crippen molar-refractivity contribution in [3.63, 3.8) is 0 Å². The zero-order valence-electron chi connectivity index (χ0n) is 10.7. The van der Waals surface area contributed by atoms with Gasteiger partial charge in [0.1, 0.15) is 0 Å². The van der Waals surface area contributed by atoms with E-state index < -0.39 is 17.9 Å². The molecular weight excluding hydrogens is 312 g/mol. The molecule has 1 N–H and O–H groups in total. The number of likely N-dealkylation sites (tertiary alicyclic amines) is 1. The molecule has 0 aliphatic carbocycles. The van der Waals surface area contributed by atoms with E-state index in [0.29, 0.717) is 5.69 Å². The van der Waals surface area contributed by atoms with Crippen molar-refractivity contribution >= 4 is 27.8 Å². The maximum Gasteiger partial charge on any atom is 0.309 e.